The number of carbonyl (C=O) groups is 1. The largest absolute Gasteiger partial charge is 0.447 e. The predicted octanol–water partition coefficient (Wildman–Crippen LogP) is 3.56. The minimum atomic E-state index is -0.613. The number of benzene rings is 2. The Morgan fingerprint density at radius 3 is 2.79 bits per heavy atom. The van der Waals surface area contributed by atoms with Gasteiger partial charge in [-0.15, -0.1) is 0 Å². The Labute approximate surface area is 157 Å². The van der Waals surface area contributed by atoms with Gasteiger partial charge in [0, 0.05) is 10.9 Å². The molecule has 0 aliphatic heterocycles. The first-order valence-corrected chi connectivity index (χ1v) is 8.56. The number of ether oxygens (including phenoxy) is 1. The highest BCUT2D eigenvalue weighted by Crippen LogP contribution is 2.27. The molecule has 3 N–H and O–H groups in total. The Bertz CT molecular complexity index is 1260. The van der Waals surface area contributed by atoms with Gasteiger partial charge in [0.15, 0.2) is 0 Å². The number of fused-ring (bicyclic) bond motifs is 2. The van der Waals surface area contributed by atoms with Crippen LogP contribution < -0.4 is 10.9 Å². The summed E-state index contributed by atoms with van der Waals surface area (Å²) < 4.78 is 18.7. The summed E-state index contributed by atoms with van der Waals surface area (Å²) in [6.45, 7) is 3.49. The molecule has 0 saturated heterocycles. The molecular weight excluding hydrogens is 365 g/mol. The molecule has 9 heteroatoms. The summed E-state index contributed by atoms with van der Waals surface area (Å²) >= 11 is 0. The molecule has 2 heterocycles. The number of nitrogens with zero attached hydrogens (tertiary/aromatic N) is 2. The Balaban J connectivity index is 1.76. The molecule has 0 fully saturated rings. The highest BCUT2D eigenvalue weighted by Gasteiger charge is 2.13. The van der Waals surface area contributed by atoms with Crippen molar-refractivity contribution in [2.24, 2.45) is 0 Å². The zero-order valence-electron chi connectivity index (χ0n) is 15.0. The molecule has 0 aliphatic carbocycles. The second-order valence-electron chi connectivity index (χ2n) is 6.49. The number of hydrogen-bond donors (Lipinski definition) is 3. The van der Waals surface area contributed by atoms with E-state index < -0.39 is 17.5 Å². The van der Waals surface area contributed by atoms with Gasteiger partial charge in [-0.2, -0.15) is 5.10 Å². The van der Waals surface area contributed by atoms with Gasteiger partial charge >= 0.3 is 6.09 Å². The number of aromatic nitrogens is 4. The molecule has 142 valence electrons. The van der Waals surface area contributed by atoms with E-state index in [1.54, 1.807) is 32.0 Å². The van der Waals surface area contributed by atoms with E-state index >= 15 is 0 Å². The van der Waals surface area contributed by atoms with Gasteiger partial charge in [0.1, 0.15) is 5.82 Å². The second kappa shape index (κ2) is 6.76. The average Bonchev–Trinajstić information content (AvgIpc) is 3.02. The first-order valence-electron chi connectivity index (χ1n) is 8.56. The highest BCUT2D eigenvalue weighted by atomic mass is 19.1. The third-order valence-corrected chi connectivity index (χ3v) is 4.07. The summed E-state index contributed by atoms with van der Waals surface area (Å²) in [5.41, 5.74) is 1.94. The van der Waals surface area contributed by atoms with Gasteiger partial charge in [0.05, 0.1) is 28.2 Å². The molecular formula is C19H16FN5O3. The van der Waals surface area contributed by atoms with E-state index in [-0.39, 0.29) is 12.1 Å². The SMILES string of the molecule is CC(C)OC(=O)Nc1nc2ccc(-c3n[nH]c(=O)c4ccc(F)cc34)cc2[nH]1. The lowest BCUT2D eigenvalue weighted by molar-refractivity contribution is 0.130. The second-order valence-corrected chi connectivity index (χ2v) is 6.49. The summed E-state index contributed by atoms with van der Waals surface area (Å²) in [6.07, 6.45) is -0.867. The van der Waals surface area contributed by atoms with Gasteiger partial charge in [0.25, 0.3) is 5.56 Å². The maximum Gasteiger partial charge on any atom is 0.414 e. The summed E-state index contributed by atoms with van der Waals surface area (Å²) in [5, 5.41) is 9.79. The molecule has 0 aliphatic rings. The summed E-state index contributed by atoms with van der Waals surface area (Å²) in [4.78, 5) is 30.9. The lowest BCUT2D eigenvalue weighted by atomic mass is 10.0. The number of amides is 1. The lowest BCUT2D eigenvalue weighted by Crippen LogP contribution is -2.18. The van der Waals surface area contributed by atoms with E-state index in [2.05, 4.69) is 25.5 Å². The number of nitrogens with one attached hydrogen (secondary N) is 3. The maximum atomic E-state index is 13.7. The number of imidazole rings is 1. The third kappa shape index (κ3) is 3.29. The standard InChI is InChI=1S/C19H16FN5O3/c1-9(2)28-19(27)23-18-21-14-6-3-10(7-15(14)22-18)16-13-8-11(20)4-5-12(13)17(26)25-24-16/h3-9H,1-2H3,(H,25,26)(H2,21,22,23,27). The average molecular weight is 381 g/mol. The molecule has 0 saturated carbocycles. The minimum absolute atomic E-state index is 0.239. The lowest BCUT2D eigenvalue weighted by Gasteiger charge is -2.06. The number of H-pyrrole nitrogens is 2. The molecule has 8 nitrogen and oxygen atoms in total. The number of carbonyl (C=O) groups excluding carboxylic acids is 1. The molecule has 4 rings (SSSR count). The van der Waals surface area contributed by atoms with Gasteiger partial charge in [-0.05, 0) is 44.2 Å². The minimum Gasteiger partial charge on any atom is -0.447 e. The molecule has 0 spiro atoms. The van der Waals surface area contributed by atoms with E-state index in [1.165, 1.54) is 18.2 Å². The molecule has 2 aromatic carbocycles. The van der Waals surface area contributed by atoms with Gasteiger partial charge in [0.2, 0.25) is 5.95 Å². The maximum absolute atomic E-state index is 13.7. The van der Waals surface area contributed by atoms with E-state index in [1.807, 2.05) is 0 Å². The zero-order chi connectivity index (χ0) is 19.8. The van der Waals surface area contributed by atoms with Crippen LogP contribution in [0.3, 0.4) is 0 Å². The summed E-state index contributed by atoms with van der Waals surface area (Å²) in [6, 6.07) is 9.17. The van der Waals surface area contributed by atoms with Crippen molar-refractivity contribution < 1.29 is 13.9 Å². The van der Waals surface area contributed by atoms with Gasteiger partial charge < -0.3 is 9.72 Å². The van der Waals surface area contributed by atoms with Crippen LogP contribution >= 0.6 is 0 Å². The first kappa shape index (κ1) is 17.7. The molecule has 2 aromatic heterocycles. The molecule has 28 heavy (non-hydrogen) atoms. The summed E-state index contributed by atoms with van der Waals surface area (Å²) in [7, 11) is 0. The number of hydrogen-bond acceptors (Lipinski definition) is 5. The van der Waals surface area contributed by atoms with Crippen molar-refractivity contribution in [2.75, 3.05) is 5.32 Å². The first-order chi connectivity index (χ1) is 13.4. The van der Waals surface area contributed by atoms with Crippen LogP contribution in [0.1, 0.15) is 13.8 Å². The number of rotatable bonds is 3. The molecule has 4 aromatic rings. The topological polar surface area (TPSA) is 113 Å². The third-order valence-electron chi connectivity index (χ3n) is 4.07. The fraction of sp³-hybridized carbons (Fsp3) is 0.158. The van der Waals surface area contributed by atoms with Crippen molar-refractivity contribution in [1.82, 2.24) is 20.2 Å². The molecule has 0 atom stereocenters. The van der Waals surface area contributed by atoms with Crippen molar-refractivity contribution in [3.05, 3.63) is 52.6 Å². The Kier molecular flexibility index (Phi) is 4.26. The van der Waals surface area contributed by atoms with Crippen LogP contribution in [0.25, 0.3) is 33.1 Å². The fourth-order valence-electron chi connectivity index (χ4n) is 2.91. The van der Waals surface area contributed by atoms with Crippen molar-refractivity contribution in [2.45, 2.75) is 20.0 Å². The van der Waals surface area contributed by atoms with Crippen molar-refractivity contribution in [1.29, 1.82) is 0 Å². The molecule has 0 bridgehead atoms. The summed E-state index contributed by atoms with van der Waals surface area (Å²) in [5.74, 6) is -0.220. The van der Waals surface area contributed by atoms with Crippen molar-refractivity contribution >= 4 is 33.8 Å². The number of aromatic amines is 2. The molecule has 1 amide bonds. The molecule has 0 radical (unpaired) electrons. The van der Waals surface area contributed by atoms with E-state index in [0.717, 1.165) is 0 Å². The Morgan fingerprint density at radius 2 is 2.00 bits per heavy atom. The van der Waals surface area contributed by atoms with Crippen LogP contribution in [0.5, 0.6) is 0 Å². The molecule has 0 unspecified atom stereocenters. The highest BCUT2D eigenvalue weighted by molar-refractivity contribution is 5.96. The van der Waals surface area contributed by atoms with Crippen LogP contribution in [-0.2, 0) is 4.74 Å². The smallest absolute Gasteiger partial charge is 0.414 e. The predicted molar refractivity (Wildman–Crippen MR) is 103 cm³/mol. The van der Waals surface area contributed by atoms with E-state index in [0.29, 0.717) is 33.1 Å². The van der Waals surface area contributed by atoms with Crippen LogP contribution in [0, 0.1) is 5.82 Å². The zero-order valence-corrected chi connectivity index (χ0v) is 15.0. The van der Waals surface area contributed by atoms with Gasteiger partial charge in [-0.1, -0.05) is 6.07 Å². The van der Waals surface area contributed by atoms with Crippen LogP contribution in [0.15, 0.2) is 41.2 Å². The van der Waals surface area contributed by atoms with Crippen LogP contribution in [0.4, 0.5) is 15.1 Å². The van der Waals surface area contributed by atoms with Crippen molar-refractivity contribution in [3.8, 4) is 11.3 Å². The monoisotopic (exact) mass is 381 g/mol. The normalized spacial score (nSPS) is 11.3. The Morgan fingerprint density at radius 1 is 1.18 bits per heavy atom. The van der Waals surface area contributed by atoms with E-state index in [4.69, 9.17) is 4.74 Å². The number of anilines is 1. The van der Waals surface area contributed by atoms with Crippen LogP contribution in [-0.4, -0.2) is 32.4 Å². The fourth-order valence-corrected chi connectivity index (χ4v) is 2.91. The Hall–Kier alpha value is -3.75. The number of halogens is 1. The quantitative estimate of drug-likeness (QED) is 0.502. The van der Waals surface area contributed by atoms with Gasteiger partial charge in [-0.3, -0.25) is 10.1 Å². The van der Waals surface area contributed by atoms with E-state index in [9.17, 15) is 14.0 Å². The van der Waals surface area contributed by atoms with Crippen molar-refractivity contribution in [3.63, 3.8) is 0 Å². The van der Waals surface area contributed by atoms with Gasteiger partial charge in [-0.25, -0.2) is 19.3 Å². The van der Waals surface area contributed by atoms with Crippen LogP contribution in [0.2, 0.25) is 0 Å².